The second-order valence-electron chi connectivity index (χ2n) is 5.82. The molecule has 3 nitrogen and oxygen atoms in total. The SMILES string of the molecule is Cc1ncc(CNCC(C)C(C)C)n1-c1ccccc1. The first-order chi connectivity index (χ1) is 9.59. The molecule has 0 aliphatic rings. The largest absolute Gasteiger partial charge is 0.311 e. The number of para-hydroxylation sites is 1. The Morgan fingerprint density at radius 1 is 1.15 bits per heavy atom. The van der Waals surface area contributed by atoms with E-state index < -0.39 is 0 Å². The van der Waals surface area contributed by atoms with Crippen molar-refractivity contribution in [3.63, 3.8) is 0 Å². The average molecular weight is 271 g/mol. The molecule has 108 valence electrons. The van der Waals surface area contributed by atoms with Gasteiger partial charge in [0.05, 0.1) is 11.9 Å². The van der Waals surface area contributed by atoms with Crippen LogP contribution in [0.3, 0.4) is 0 Å². The molecule has 0 amide bonds. The zero-order valence-corrected chi connectivity index (χ0v) is 12.9. The van der Waals surface area contributed by atoms with Gasteiger partial charge in [-0.1, -0.05) is 39.0 Å². The molecule has 1 heterocycles. The third-order valence-electron chi connectivity index (χ3n) is 3.94. The molecule has 1 unspecified atom stereocenters. The summed E-state index contributed by atoms with van der Waals surface area (Å²) < 4.78 is 2.22. The van der Waals surface area contributed by atoms with Crippen LogP contribution < -0.4 is 5.32 Å². The normalized spacial score (nSPS) is 12.8. The Morgan fingerprint density at radius 3 is 2.50 bits per heavy atom. The molecule has 0 spiro atoms. The van der Waals surface area contributed by atoms with Crippen LogP contribution in [-0.2, 0) is 6.54 Å². The molecule has 2 rings (SSSR count). The quantitative estimate of drug-likeness (QED) is 0.870. The molecular weight excluding hydrogens is 246 g/mol. The Hall–Kier alpha value is -1.61. The summed E-state index contributed by atoms with van der Waals surface area (Å²) >= 11 is 0. The zero-order valence-electron chi connectivity index (χ0n) is 12.9. The smallest absolute Gasteiger partial charge is 0.110 e. The van der Waals surface area contributed by atoms with E-state index in [2.05, 4.69) is 59.9 Å². The highest BCUT2D eigenvalue weighted by molar-refractivity contribution is 5.35. The lowest BCUT2D eigenvalue weighted by atomic mass is 9.98. The van der Waals surface area contributed by atoms with Gasteiger partial charge in [-0.3, -0.25) is 4.57 Å². The van der Waals surface area contributed by atoms with Crippen molar-refractivity contribution in [1.82, 2.24) is 14.9 Å². The summed E-state index contributed by atoms with van der Waals surface area (Å²) in [7, 11) is 0. The summed E-state index contributed by atoms with van der Waals surface area (Å²) in [6.07, 6.45) is 1.97. The number of nitrogens with one attached hydrogen (secondary N) is 1. The number of hydrogen-bond acceptors (Lipinski definition) is 2. The van der Waals surface area contributed by atoms with Crippen molar-refractivity contribution in [2.24, 2.45) is 11.8 Å². The van der Waals surface area contributed by atoms with Gasteiger partial charge in [-0.05, 0) is 37.4 Å². The minimum Gasteiger partial charge on any atom is -0.311 e. The van der Waals surface area contributed by atoms with E-state index in [0.717, 1.165) is 18.9 Å². The van der Waals surface area contributed by atoms with Crippen molar-refractivity contribution in [3.05, 3.63) is 48.0 Å². The fraction of sp³-hybridized carbons (Fsp3) is 0.471. The van der Waals surface area contributed by atoms with Crippen molar-refractivity contribution in [2.45, 2.75) is 34.2 Å². The highest BCUT2D eigenvalue weighted by atomic mass is 15.1. The topological polar surface area (TPSA) is 29.9 Å². The molecule has 0 saturated heterocycles. The van der Waals surface area contributed by atoms with Crippen LogP contribution in [0.2, 0.25) is 0 Å². The van der Waals surface area contributed by atoms with Gasteiger partial charge >= 0.3 is 0 Å². The molecule has 0 aliphatic carbocycles. The van der Waals surface area contributed by atoms with Crippen molar-refractivity contribution < 1.29 is 0 Å². The van der Waals surface area contributed by atoms with Crippen LogP contribution in [0, 0.1) is 18.8 Å². The number of imidazole rings is 1. The number of aromatic nitrogens is 2. The summed E-state index contributed by atoms with van der Waals surface area (Å²) in [4.78, 5) is 4.45. The number of nitrogens with zero attached hydrogens (tertiary/aromatic N) is 2. The van der Waals surface area contributed by atoms with Gasteiger partial charge in [-0.2, -0.15) is 0 Å². The van der Waals surface area contributed by atoms with Crippen molar-refractivity contribution in [2.75, 3.05) is 6.54 Å². The molecule has 0 fully saturated rings. The number of aryl methyl sites for hydroxylation is 1. The number of rotatable bonds is 6. The Balaban J connectivity index is 2.07. The molecule has 1 N–H and O–H groups in total. The zero-order chi connectivity index (χ0) is 14.5. The van der Waals surface area contributed by atoms with Crippen molar-refractivity contribution in [3.8, 4) is 5.69 Å². The Morgan fingerprint density at radius 2 is 1.85 bits per heavy atom. The van der Waals surface area contributed by atoms with Gasteiger partial charge < -0.3 is 5.32 Å². The molecule has 3 heteroatoms. The van der Waals surface area contributed by atoms with E-state index in [1.807, 2.05) is 19.2 Å². The number of hydrogen-bond donors (Lipinski definition) is 1. The Kier molecular flexibility index (Phi) is 4.96. The Bertz CT molecular complexity index is 528. The minimum absolute atomic E-state index is 0.684. The van der Waals surface area contributed by atoms with Crippen LogP contribution in [0.4, 0.5) is 0 Å². The van der Waals surface area contributed by atoms with Crippen LogP contribution >= 0.6 is 0 Å². The van der Waals surface area contributed by atoms with Crippen molar-refractivity contribution in [1.29, 1.82) is 0 Å². The molecule has 0 aliphatic heterocycles. The van der Waals surface area contributed by atoms with Gasteiger partial charge in [0, 0.05) is 12.2 Å². The third kappa shape index (κ3) is 3.48. The van der Waals surface area contributed by atoms with E-state index in [4.69, 9.17) is 0 Å². The van der Waals surface area contributed by atoms with Gasteiger partial charge in [-0.15, -0.1) is 0 Å². The maximum atomic E-state index is 4.45. The van der Waals surface area contributed by atoms with Crippen LogP contribution in [0.25, 0.3) is 5.69 Å². The van der Waals surface area contributed by atoms with E-state index in [9.17, 15) is 0 Å². The maximum Gasteiger partial charge on any atom is 0.110 e. The molecule has 0 bridgehead atoms. The fourth-order valence-corrected chi connectivity index (χ4v) is 2.21. The van der Waals surface area contributed by atoms with Gasteiger partial charge in [0.25, 0.3) is 0 Å². The summed E-state index contributed by atoms with van der Waals surface area (Å²) in [5, 5.41) is 3.55. The average Bonchev–Trinajstić information content (AvgIpc) is 2.80. The van der Waals surface area contributed by atoms with Gasteiger partial charge in [-0.25, -0.2) is 4.98 Å². The van der Waals surface area contributed by atoms with E-state index in [0.29, 0.717) is 11.8 Å². The minimum atomic E-state index is 0.684. The van der Waals surface area contributed by atoms with E-state index in [1.54, 1.807) is 0 Å². The molecule has 1 aromatic heterocycles. The Labute approximate surface area is 122 Å². The second-order valence-corrected chi connectivity index (χ2v) is 5.82. The van der Waals surface area contributed by atoms with E-state index >= 15 is 0 Å². The fourth-order valence-electron chi connectivity index (χ4n) is 2.21. The summed E-state index contributed by atoms with van der Waals surface area (Å²) in [6, 6.07) is 10.4. The highest BCUT2D eigenvalue weighted by Crippen LogP contribution is 2.14. The first-order valence-electron chi connectivity index (χ1n) is 7.39. The van der Waals surface area contributed by atoms with Crippen LogP contribution in [0.1, 0.15) is 32.3 Å². The summed E-state index contributed by atoms with van der Waals surface area (Å²) in [5.41, 5.74) is 2.39. The number of benzene rings is 1. The first-order valence-corrected chi connectivity index (χ1v) is 7.39. The summed E-state index contributed by atoms with van der Waals surface area (Å²) in [5.74, 6) is 2.43. The maximum absolute atomic E-state index is 4.45. The predicted molar refractivity (Wildman–Crippen MR) is 84.0 cm³/mol. The lowest BCUT2D eigenvalue weighted by Gasteiger charge is -2.17. The molecule has 1 aromatic carbocycles. The second kappa shape index (κ2) is 6.71. The first kappa shape index (κ1) is 14.8. The molecule has 0 saturated carbocycles. The van der Waals surface area contributed by atoms with E-state index in [-0.39, 0.29) is 0 Å². The highest BCUT2D eigenvalue weighted by Gasteiger charge is 2.10. The summed E-state index contributed by atoms with van der Waals surface area (Å²) in [6.45, 7) is 10.8. The van der Waals surface area contributed by atoms with Crippen LogP contribution in [0.15, 0.2) is 36.5 Å². The predicted octanol–water partition coefficient (Wildman–Crippen LogP) is 3.56. The molecular formula is C17H25N3. The molecule has 1 atom stereocenters. The van der Waals surface area contributed by atoms with Gasteiger partial charge in [0.2, 0.25) is 0 Å². The lowest BCUT2D eigenvalue weighted by molar-refractivity contribution is 0.391. The molecule has 2 aromatic rings. The standard InChI is InChI=1S/C17H25N3/c1-13(2)14(3)10-18-11-17-12-19-15(4)20(17)16-8-6-5-7-9-16/h5-9,12-14,18H,10-11H2,1-4H3. The van der Waals surface area contributed by atoms with Gasteiger partial charge in [0.1, 0.15) is 5.82 Å². The molecule has 0 radical (unpaired) electrons. The lowest BCUT2D eigenvalue weighted by Crippen LogP contribution is -2.24. The molecule has 20 heavy (non-hydrogen) atoms. The third-order valence-corrected chi connectivity index (χ3v) is 3.94. The van der Waals surface area contributed by atoms with Gasteiger partial charge in [0.15, 0.2) is 0 Å². The van der Waals surface area contributed by atoms with E-state index in [1.165, 1.54) is 11.4 Å². The monoisotopic (exact) mass is 271 g/mol. The van der Waals surface area contributed by atoms with Crippen LogP contribution in [0.5, 0.6) is 0 Å². The van der Waals surface area contributed by atoms with Crippen molar-refractivity contribution >= 4 is 0 Å². The van der Waals surface area contributed by atoms with Crippen LogP contribution in [-0.4, -0.2) is 16.1 Å².